The van der Waals surface area contributed by atoms with Crippen LogP contribution in [0.25, 0.3) is 0 Å². The van der Waals surface area contributed by atoms with E-state index in [1.54, 1.807) is 0 Å². The van der Waals surface area contributed by atoms with Gasteiger partial charge < -0.3 is 0 Å². The lowest BCUT2D eigenvalue weighted by Crippen LogP contribution is -1.89. The molecule has 38 valence electrons. The lowest BCUT2D eigenvalue weighted by atomic mass is 10.4. The van der Waals surface area contributed by atoms with Gasteiger partial charge in [-0.05, 0) is 0 Å². The summed E-state index contributed by atoms with van der Waals surface area (Å²) in [6.45, 7) is 6.97. The molecule has 0 aromatic heterocycles. The molecule has 0 rings (SSSR count). The van der Waals surface area contributed by atoms with Gasteiger partial charge in [0.1, 0.15) is 0 Å². The highest BCUT2D eigenvalue weighted by atomic mass is 28.2. The molecule has 0 unspecified atom stereocenters. The standard InChI is InChI=1S/C5H14Si/c1-4-5(2)6-3/h5H,4,6H2,1-3H3/t5-/m0/s1. The van der Waals surface area contributed by atoms with Gasteiger partial charge in [-0.15, -0.1) is 0 Å². The second-order valence-corrected chi connectivity index (χ2v) is 4.13. The molecular weight excluding hydrogens is 88.1 g/mol. The third kappa shape index (κ3) is 2.45. The van der Waals surface area contributed by atoms with Gasteiger partial charge in [-0.2, -0.15) is 0 Å². The quantitative estimate of drug-likeness (QED) is 0.463. The number of hydrogen-bond donors (Lipinski definition) is 0. The van der Waals surface area contributed by atoms with Gasteiger partial charge in [-0.25, -0.2) is 0 Å². The topological polar surface area (TPSA) is 0 Å². The number of rotatable bonds is 2. The fourth-order valence-corrected chi connectivity index (χ4v) is 0.866. The minimum atomic E-state index is 0.338. The van der Waals surface area contributed by atoms with Crippen molar-refractivity contribution < 1.29 is 0 Å². The maximum Gasteiger partial charge on any atom is 0.0197 e. The van der Waals surface area contributed by atoms with Crippen LogP contribution in [-0.2, 0) is 0 Å². The van der Waals surface area contributed by atoms with Gasteiger partial charge in [0.2, 0.25) is 0 Å². The summed E-state index contributed by atoms with van der Waals surface area (Å²) in [6, 6.07) is 0. The van der Waals surface area contributed by atoms with Crippen LogP contribution in [0.2, 0.25) is 12.1 Å². The molecule has 0 aliphatic heterocycles. The summed E-state index contributed by atoms with van der Waals surface area (Å²) in [6.07, 6.45) is 1.39. The Morgan fingerprint density at radius 1 is 1.67 bits per heavy atom. The van der Waals surface area contributed by atoms with Crippen molar-refractivity contribution in [1.29, 1.82) is 0 Å². The van der Waals surface area contributed by atoms with Crippen LogP contribution in [0.1, 0.15) is 20.3 Å². The van der Waals surface area contributed by atoms with E-state index in [-0.39, 0.29) is 0 Å². The van der Waals surface area contributed by atoms with Gasteiger partial charge >= 0.3 is 0 Å². The third-order valence-corrected chi connectivity index (χ3v) is 3.37. The summed E-state index contributed by atoms with van der Waals surface area (Å²) in [5, 5.41) is 0. The van der Waals surface area contributed by atoms with Crippen LogP contribution in [0.5, 0.6) is 0 Å². The molecule has 1 heteroatoms. The van der Waals surface area contributed by atoms with Crippen molar-refractivity contribution in [3.63, 3.8) is 0 Å². The van der Waals surface area contributed by atoms with E-state index in [1.165, 1.54) is 6.42 Å². The Kier molecular flexibility index (Phi) is 3.53. The Morgan fingerprint density at radius 3 is 2.17 bits per heavy atom. The highest BCUT2D eigenvalue weighted by Gasteiger charge is 1.89. The maximum absolute atomic E-state index is 2.37. The fraction of sp³-hybridized carbons (Fsp3) is 1.00. The van der Waals surface area contributed by atoms with Crippen molar-refractivity contribution in [2.75, 3.05) is 0 Å². The Bertz CT molecular complexity index is 23.1. The Balaban J connectivity index is 2.75. The zero-order chi connectivity index (χ0) is 4.99. The lowest BCUT2D eigenvalue weighted by molar-refractivity contribution is 0.871. The van der Waals surface area contributed by atoms with Crippen LogP contribution in [0, 0.1) is 0 Å². The first-order valence-electron chi connectivity index (χ1n) is 2.81. The summed E-state index contributed by atoms with van der Waals surface area (Å²) in [5.41, 5.74) is 1.07. The van der Waals surface area contributed by atoms with E-state index < -0.39 is 0 Å². The monoisotopic (exact) mass is 102 g/mol. The fourth-order valence-electron chi connectivity index (χ4n) is 0.289. The second kappa shape index (κ2) is 3.41. The average molecular weight is 102 g/mol. The molecule has 0 heterocycles. The second-order valence-electron chi connectivity index (χ2n) is 1.92. The predicted molar refractivity (Wildman–Crippen MR) is 34.1 cm³/mol. The normalized spacial score (nSPS) is 16.5. The largest absolute Gasteiger partial charge is 0.0746 e. The highest BCUT2D eigenvalue weighted by molar-refractivity contribution is 6.35. The summed E-state index contributed by atoms with van der Waals surface area (Å²) in [4.78, 5) is 0. The zero-order valence-electron chi connectivity index (χ0n) is 4.99. The van der Waals surface area contributed by atoms with E-state index in [9.17, 15) is 0 Å². The van der Waals surface area contributed by atoms with E-state index >= 15 is 0 Å². The predicted octanol–water partition coefficient (Wildman–Crippen LogP) is 1.42. The van der Waals surface area contributed by atoms with Gasteiger partial charge in [0.25, 0.3) is 0 Å². The van der Waals surface area contributed by atoms with Crippen molar-refractivity contribution in [2.24, 2.45) is 0 Å². The lowest BCUT2D eigenvalue weighted by Gasteiger charge is -1.97. The molecule has 0 bridgehead atoms. The van der Waals surface area contributed by atoms with Crippen LogP contribution < -0.4 is 0 Å². The van der Waals surface area contributed by atoms with Gasteiger partial charge in [0, 0.05) is 9.52 Å². The van der Waals surface area contributed by atoms with Gasteiger partial charge in [0.15, 0.2) is 0 Å². The molecule has 0 aliphatic carbocycles. The molecule has 0 saturated heterocycles. The Morgan fingerprint density at radius 2 is 2.17 bits per heavy atom. The van der Waals surface area contributed by atoms with Gasteiger partial charge in [-0.1, -0.05) is 32.4 Å². The highest BCUT2D eigenvalue weighted by Crippen LogP contribution is 2.03. The molecule has 0 aromatic carbocycles. The minimum absolute atomic E-state index is 0.338. The van der Waals surface area contributed by atoms with Crippen LogP contribution in [0.3, 0.4) is 0 Å². The van der Waals surface area contributed by atoms with Crippen molar-refractivity contribution in [2.45, 2.75) is 32.4 Å². The first-order valence-corrected chi connectivity index (χ1v) is 5.04. The molecule has 0 amide bonds. The molecule has 0 aromatic rings. The molecular formula is C5H14Si. The summed E-state index contributed by atoms with van der Waals surface area (Å²) < 4.78 is 0. The molecule has 6 heavy (non-hydrogen) atoms. The minimum Gasteiger partial charge on any atom is -0.0746 e. The SMILES string of the molecule is CC[C@H](C)[SiH2]C. The van der Waals surface area contributed by atoms with Gasteiger partial charge in [0.05, 0.1) is 0 Å². The molecule has 1 atom stereocenters. The van der Waals surface area contributed by atoms with Crippen LogP contribution >= 0.6 is 0 Å². The first kappa shape index (κ1) is 6.22. The van der Waals surface area contributed by atoms with E-state index in [1.807, 2.05) is 0 Å². The summed E-state index contributed by atoms with van der Waals surface area (Å²) in [7, 11) is 0.338. The third-order valence-electron chi connectivity index (χ3n) is 1.39. The first-order chi connectivity index (χ1) is 2.81. The Labute approximate surface area is 42.8 Å². The molecule has 0 radical (unpaired) electrons. The molecule has 0 N–H and O–H groups in total. The van der Waals surface area contributed by atoms with E-state index in [0.29, 0.717) is 9.52 Å². The number of hydrogen-bond acceptors (Lipinski definition) is 0. The molecule has 0 nitrogen and oxygen atoms in total. The Hall–Kier alpha value is 0.217. The maximum atomic E-state index is 2.37. The molecule has 0 spiro atoms. The van der Waals surface area contributed by atoms with Crippen molar-refractivity contribution in [3.8, 4) is 0 Å². The van der Waals surface area contributed by atoms with E-state index in [2.05, 4.69) is 20.4 Å². The van der Waals surface area contributed by atoms with E-state index in [0.717, 1.165) is 5.54 Å². The van der Waals surface area contributed by atoms with Crippen molar-refractivity contribution in [1.82, 2.24) is 0 Å². The summed E-state index contributed by atoms with van der Waals surface area (Å²) in [5.74, 6) is 0. The van der Waals surface area contributed by atoms with Crippen molar-refractivity contribution >= 4 is 9.52 Å². The zero-order valence-corrected chi connectivity index (χ0v) is 6.41. The molecule has 0 fully saturated rings. The van der Waals surface area contributed by atoms with Crippen LogP contribution in [0.4, 0.5) is 0 Å². The average Bonchev–Trinajstić information content (AvgIpc) is 1.65. The van der Waals surface area contributed by atoms with Crippen LogP contribution in [-0.4, -0.2) is 9.52 Å². The smallest absolute Gasteiger partial charge is 0.0197 e. The summed E-state index contributed by atoms with van der Waals surface area (Å²) >= 11 is 0. The molecule has 0 saturated carbocycles. The van der Waals surface area contributed by atoms with Crippen molar-refractivity contribution in [3.05, 3.63) is 0 Å². The molecule has 0 aliphatic rings. The van der Waals surface area contributed by atoms with Gasteiger partial charge in [-0.3, -0.25) is 0 Å². The van der Waals surface area contributed by atoms with Crippen LogP contribution in [0.15, 0.2) is 0 Å². The van der Waals surface area contributed by atoms with E-state index in [4.69, 9.17) is 0 Å².